The Morgan fingerprint density at radius 3 is 2.42 bits per heavy atom. The maximum atomic E-state index is 3.65. The zero-order valence-electron chi connectivity index (χ0n) is 13.4. The first-order chi connectivity index (χ1) is 8.74. The third-order valence-corrected chi connectivity index (χ3v) is 4.32. The van der Waals surface area contributed by atoms with Gasteiger partial charge in [0.1, 0.15) is 0 Å². The van der Waals surface area contributed by atoms with Crippen molar-refractivity contribution in [1.82, 2.24) is 10.2 Å². The molecule has 0 spiro atoms. The van der Waals surface area contributed by atoms with Crippen LogP contribution in [0.15, 0.2) is 16.8 Å². The standard InChI is InChI=1S/C16H30N2S/c1-7-16(5,12-17-15(2,3)4)13-18(6)10-14-8-9-19-11-14/h8-9,11,17H,7,10,12-13H2,1-6H3. The lowest BCUT2D eigenvalue weighted by Gasteiger charge is -2.36. The predicted molar refractivity (Wildman–Crippen MR) is 86.8 cm³/mol. The van der Waals surface area contributed by atoms with Crippen LogP contribution in [0.5, 0.6) is 0 Å². The van der Waals surface area contributed by atoms with E-state index in [2.05, 4.69) is 68.7 Å². The van der Waals surface area contributed by atoms with Crippen LogP contribution in [0.1, 0.15) is 46.6 Å². The van der Waals surface area contributed by atoms with Crippen molar-refractivity contribution in [2.75, 3.05) is 20.1 Å². The molecule has 19 heavy (non-hydrogen) atoms. The van der Waals surface area contributed by atoms with Crippen LogP contribution in [0.4, 0.5) is 0 Å². The maximum absolute atomic E-state index is 3.65. The van der Waals surface area contributed by atoms with E-state index < -0.39 is 0 Å². The second kappa shape index (κ2) is 6.87. The highest BCUT2D eigenvalue weighted by Crippen LogP contribution is 2.23. The van der Waals surface area contributed by atoms with Gasteiger partial charge in [0.25, 0.3) is 0 Å². The van der Waals surface area contributed by atoms with Gasteiger partial charge in [0.05, 0.1) is 0 Å². The maximum Gasteiger partial charge on any atom is 0.0239 e. The molecule has 1 aromatic heterocycles. The van der Waals surface area contributed by atoms with Crippen molar-refractivity contribution < 1.29 is 0 Å². The minimum Gasteiger partial charge on any atom is -0.311 e. The fraction of sp³-hybridized carbons (Fsp3) is 0.750. The Hall–Kier alpha value is -0.380. The molecule has 0 saturated carbocycles. The van der Waals surface area contributed by atoms with E-state index in [1.54, 1.807) is 11.3 Å². The van der Waals surface area contributed by atoms with Crippen LogP contribution in [0.2, 0.25) is 0 Å². The van der Waals surface area contributed by atoms with Crippen molar-refractivity contribution in [3.63, 3.8) is 0 Å². The zero-order valence-corrected chi connectivity index (χ0v) is 14.2. The van der Waals surface area contributed by atoms with Crippen LogP contribution >= 0.6 is 11.3 Å². The summed E-state index contributed by atoms with van der Waals surface area (Å²) in [5, 5.41) is 8.05. The lowest BCUT2D eigenvalue weighted by atomic mass is 9.86. The average molecular weight is 282 g/mol. The molecule has 0 aromatic carbocycles. The van der Waals surface area contributed by atoms with Gasteiger partial charge in [0.15, 0.2) is 0 Å². The minimum atomic E-state index is 0.197. The lowest BCUT2D eigenvalue weighted by molar-refractivity contribution is 0.164. The quantitative estimate of drug-likeness (QED) is 0.813. The first-order valence-electron chi connectivity index (χ1n) is 7.19. The van der Waals surface area contributed by atoms with Crippen LogP contribution in [0.25, 0.3) is 0 Å². The molecule has 1 unspecified atom stereocenters. The van der Waals surface area contributed by atoms with Crippen molar-refractivity contribution in [3.05, 3.63) is 22.4 Å². The van der Waals surface area contributed by atoms with E-state index in [0.29, 0.717) is 5.41 Å². The third-order valence-electron chi connectivity index (χ3n) is 3.58. The summed E-state index contributed by atoms with van der Waals surface area (Å²) in [5.41, 5.74) is 1.95. The Bertz CT molecular complexity index is 353. The normalized spacial score (nSPS) is 15.7. The molecule has 1 rings (SSSR count). The molecule has 2 nitrogen and oxygen atoms in total. The summed E-state index contributed by atoms with van der Waals surface area (Å²) in [6, 6.07) is 2.22. The van der Waals surface area contributed by atoms with E-state index >= 15 is 0 Å². The van der Waals surface area contributed by atoms with E-state index in [0.717, 1.165) is 19.6 Å². The summed E-state index contributed by atoms with van der Waals surface area (Å²) in [6.45, 7) is 14.6. The molecule has 1 atom stereocenters. The summed E-state index contributed by atoms with van der Waals surface area (Å²) in [6.07, 6.45) is 1.20. The van der Waals surface area contributed by atoms with Gasteiger partial charge in [0, 0.05) is 25.2 Å². The van der Waals surface area contributed by atoms with Gasteiger partial charge in [-0.25, -0.2) is 0 Å². The molecule has 0 radical (unpaired) electrons. The van der Waals surface area contributed by atoms with Crippen LogP contribution in [0, 0.1) is 5.41 Å². The summed E-state index contributed by atoms with van der Waals surface area (Å²) < 4.78 is 0. The predicted octanol–water partition coefficient (Wildman–Crippen LogP) is 3.98. The molecule has 110 valence electrons. The van der Waals surface area contributed by atoms with E-state index in [1.165, 1.54) is 12.0 Å². The Morgan fingerprint density at radius 1 is 1.26 bits per heavy atom. The summed E-state index contributed by atoms with van der Waals surface area (Å²) >= 11 is 1.78. The molecular formula is C16H30N2S. The highest BCUT2D eigenvalue weighted by molar-refractivity contribution is 7.07. The monoisotopic (exact) mass is 282 g/mol. The highest BCUT2D eigenvalue weighted by Gasteiger charge is 2.25. The molecule has 1 heterocycles. The number of nitrogens with zero attached hydrogens (tertiary/aromatic N) is 1. The number of nitrogens with one attached hydrogen (secondary N) is 1. The van der Waals surface area contributed by atoms with Crippen molar-refractivity contribution in [1.29, 1.82) is 0 Å². The fourth-order valence-corrected chi connectivity index (χ4v) is 2.83. The molecule has 0 bridgehead atoms. The lowest BCUT2D eigenvalue weighted by Crippen LogP contribution is -2.46. The topological polar surface area (TPSA) is 15.3 Å². The average Bonchev–Trinajstić information content (AvgIpc) is 2.78. The SMILES string of the molecule is CCC(C)(CNC(C)(C)C)CN(C)Cc1ccsc1. The van der Waals surface area contributed by atoms with Crippen LogP contribution in [-0.2, 0) is 6.54 Å². The van der Waals surface area contributed by atoms with Crippen molar-refractivity contribution >= 4 is 11.3 Å². The van der Waals surface area contributed by atoms with Gasteiger partial charge in [-0.15, -0.1) is 0 Å². The molecule has 0 aliphatic rings. The molecule has 0 fully saturated rings. The van der Waals surface area contributed by atoms with Crippen LogP contribution in [0.3, 0.4) is 0 Å². The fourth-order valence-electron chi connectivity index (χ4n) is 2.17. The molecule has 1 aromatic rings. The van der Waals surface area contributed by atoms with Crippen molar-refractivity contribution in [2.24, 2.45) is 5.41 Å². The first kappa shape index (κ1) is 16.7. The van der Waals surface area contributed by atoms with Gasteiger partial charge < -0.3 is 10.2 Å². The largest absolute Gasteiger partial charge is 0.311 e. The molecule has 0 aliphatic carbocycles. The Morgan fingerprint density at radius 2 is 1.95 bits per heavy atom. The van der Waals surface area contributed by atoms with Gasteiger partial charge in [-0.2, -0.15) is 11.3 Å². The van der Waals surface area contributed by atoms with Crippen molar-refractivity contribution in [3.8, 4) is 0 Å². The Balaban J connectivity index is 2.49. The zero-order chi connectivity index (χ0) is 14.5. The minimum absolute atomic E-state index is 0.197. The Kier molecular flexibility index (Phi) is 6.03. The second-order valence-corrected chi connectivity index (χ2v) is 7.85. The molecule has 3 heteroatoms. The summed E-state index contributed by atoms with van der Waals surface area (Å²) in [5.74, 6) is 0. The third kappa shape index (κ3) is 6.55. The van der Waals surface area contributed by atoms with Crippen LogP contribution < -0.4 is 5.32 Å². The Labute approximate surface area is 123 Å². The van der Waals surface area contributed by atoms with Gasteiger partial charge >= 0.3 is 0 Å². The number of rotatable bonds is 7. The molecular weight excluding hydrogens is 252 g/mol. The van der Waals surface area contributed by atoms with E-state index in [4.69, 9.17) is 0 Å². The molecule has 0 aliphatic heterocycles. The smallest absolute Gasteiger partial charge is 0.0239 e. The van der Waals surface area contributed by atoms with E-state index in [9.17, 15) is 0 Å². The van der Waals surface area contributed by atoms with E-state index in [1.807, 2.05) is 0 Å². The molecule has 1 N–H and O–H groups in total. The number of hydrogen-bond acceptors (Lipinski definition) is 3. The van der Waals surface area contributed by atoms with Gasteiger partial charge in [-0.05, 0) is 62.0 Å². The molecule has 0 saturated heterocycles. The molecule has 0 amide bonds. The second-order valence-electron chi connectivity index (χ2n) is 7.07. The highest BCUT2D eigenvalue weighted by atomic mass is 32.1. The van der Waals surface area contributed by atoms with Gasteiger partial charge in [-0.1, -0.05) is 13.8 Å². The van der Waals surface area contributed by atoms with Gasteiger partial charge in [-0.3, -0.25) is 0 Å². The first-order valence-corrected chi connectivity index (χ1v) is 8.13. The summed E-state index contributed by atoms with van der Waals surface area (Å²) in [7, 11) is 2.22. The van der Waals surface area contributed by atoms with Crippen molar-refractivity contribution in [2.45, 2.75) is 53.1 Å². The number of thiophene rings is 1. The summed E-state index contributed by atoms with van der Waals surface area (Å²) in [4.78, 5) is 2.44. The number of hydrogen-bond donors (Lipinski definition) is 1. The van der Waals surface area contributed by atoms with Gasteiger partial charge in [0.2, 0.25) is 0 Å². The van der Waals surface area contributed by atoms with E-state index in [-0.39, 0.29) is 5.54 Å². The van der Waals surface area contributed by atoms with Crippen LogP contribution in [-0.4, -0.2) is 30.6 Å².